The molecule has 4 heteroatoms. The molecule has 0 bridgehead atoms. The van der Waals surface area contributed by atoms with Crippen molar-refractivity contribution in [1.29, 1.82) is 0 Å². The first-order valence-electron chi connectivity index (χ1n) is 5.25. The highest BCUT2D eigenvalue weighted by Crippen LogP contribution is 2.19. The minimum atomic E-state index is 0.0223. The van der Waals surface area contributed by atoms with Crippen LogP contribution in [0.15, 0.2) is 36.8 Å². The maximum absolute atomic E-state index is 11.6. The number of hydrogen-bond donors (Lipinski definition) is 1. The van der Waals surface area contributed by atoms with Gasteiger partial charge >= 0.3 is 0 Å². The maximum Gasteiger partial charge on any atom is 0.253 e. The van der Waals surface area contributed by atoms with Crippen molar-refractivity contribution >= 4 is 5.91 Å². The number of hydrogen-bond acceptors (Lipinski definition) is 2. The van der Waals surface area contributed by atoms with Crippen LogP contribution in [0.3, 0.4) is 0 Å². The van der Waals surface area contributed by atoms with Crippen molar-refractivity contribution in [2.45, 2.75) is 6.42 Å². The van der Waals surface area contributed by atoms with Gasteiger partial charge in [-0.3, -0.25) is 9.78 Å². The molecule has 2 aromatic rings. The summed E-state index contributed by atoms with van der Waals surface area (Å²) in [5, 5.41) is 2.84. The zero-order chi connectivity index (χ0) is 11.0. The van der Waals surface area contributed by atoms with Crippen LogP contribution in [0.4, 0.5) is 0 Å². The monoisotopic (exact) mass is 213 g/mol. The molecule has 3 heterocycles. The lowest BCUT2D eigenvalue weighted by atomic mass is 10.1. The Labute approximate surface area is 92.9 Å². The van der Waals surface area contributed by atoms with Crippen LogP contribution in [-0.4, -0.2) is 22.0 Å². The lowest BCUT2D eigenvalue weighted by Gasteiger charge is -2.16. The van der Waals surface area contributed by atoms with Gasteiger partial charge in [0.1, 0.15) is 0 Å². The molecule has 0 unspecified atom stereocenters. The standard InChI is InChI=1S/C12H11N3O/c16-12-10-4-8-15(11(10)3-7-14-12)9-1-5-13-6-2-9/h1-2,4-6,8H,3,7H2,(H,14,16). The average molecular weight is 213 g/mol. The predicted molar refractivity (Wildman–Crippen MR) is 59.6 cm³/mol. The van der Waals surface area contributed by atoms with E-state index in [1.165, 1.54) is 0 Å². The van der Waals surface area contributed by atoms with Crippen LogP contribution in [-0.2, 0) is 6.42 Å². The molecule has 1 aliphatic heterocycles. The summed E-state index contributed by atoms with van der Waals surface area (Å²) in [6.45, 7) is 0.709. The summed E-state index contributed by atoms with van der Waals surface area (Å²) in [7, 11) is 0. The molecule has 3 rings (SSSR count). The van der Waals surface area contributed by atoms with E-state index in [9.17, 15) is 4.79 Å². The van der Waals surface area contributed by atoms with Crippen molar-refractivity contribution in [3.05, 3.63) is 48.0 Å². The SMILES string of the molecule is O=C1NCCc2c1ccn2-c1ccncc1. The Bertz CT molecular complexity index is 530. The van der Waals surface area contributed by atoms with Gasteiger partial charge in [-0.25, -0.2) is 0 Å². The van der Waals surface area contributed by atoms with Crippen molar-refractivity contribution in [1.82, 2.24) is 14.9 Å². The molecule has 0 aliphatic carbocycles. The fourth-order valence-electron chi connectivity index (χ4n) is 2.06. The second kappa shape index (κ2) is 3.48. The number of nitrogens with zero attached hydrogens (tertiary/aromatic N) is 2. The smallest absolute Gasteiger partial charge is 0.253 e. The van der Waals surface area contributed by atoms with E-state index in [-0.39, 0.29) is 5.91 Å². The Morgan fingerprint density at radius 2 is 2.06 bits per heavy atom. The summed E-state index contributed by atoms with van der Waals surface area (Å²) in [6.07, 6.45) is 6.32. The average Bonchev–Trinajstić information content (AvgIpc) is 2.75. The van der Waals surface area contributed by atoms with Crippen LogP contribution in [0.2, 0.25) is 0 Å². The summed E-state index contributed by atoms with van der Waals surface area (Å²) in [4.78, 5) is 15.6. The van der Waals surface area contributed by atoms with E-state index < -0.39 is 0 Å². The molecule has 80 valence electrons. The molecule has 0 radical (unpaired) electrons. The largest absolute Gasteiger partial charge is 0.352 e. The van der Waals surface area contributed by atoms with Gasteiger partial charge in [-0.2, -0.15) is 0 Å². The molecule has 0 spiro atoms. The van der Waals surface area contributed by atoms with Crippen molar-refractivity contribution in [3.63, 3.8) is 0 Å². The summed E-state index contributed by atoms with van der Waals surface area (Å²) in [5.41, 5.74) is 2.91. The molecule has 0 fully saturated rings. The molecule has 4 nitrogen and oxygen atoms in total. The van der Waals surface area contributed by atoms with Gasteiger partial charge in [0, 0.05) is 42.9 Å². The molecule has 0 saturated carbocycles. The molecule has 1 amide bonds. The second-order valence-corrected chi connectivity index (χ2v) is 3.76. The van der Waals surface area contributed by atoms with E-state index in [0.29, 0.717) is 6.54 Å². The van der Waals surface area contributed by atoms with Gasteiger partial charge in [-0.15, -0.1) is 0 Å². The highest BCUT2D eigenvalue weighted by Gasteiger charge is 2.20. The van der Waals surface area contributed by atoms with E-state index in [0.717, 1.165) is 23.4 Å². The van der Waals surface area contributed by atoms with E-state index >= 15 is 0 Å². The number of pyridine rings is 1. The van der Waals surface area contributed by atoms with Crippen LogP contribution >= 0.6 is 0 Å². The van der Waals surface area contributed by atoms with Crippen molar-refractivity contribution in [2.75, 3.05) is 6.54 Å². The summed E-state index contributed by atoms with van der Waals surface area (Å²) in [6, 6.07) is 5.74. The number of rotatable bonds is 1. The van der Waals surface area contributed by atoms with Gasteiger partial charge in [0.15, 0.2) is 0 Å². The van der Waals surface area contributed by atoms with Crippen molar-refractivity contribution < 1.29 is 4.79 Å². The van der Waals surface area contributed by atoms with E-state index in [4.69, 9.17) is 0 Å². The molecule has 2 aromatic heterocycles. The summed E-state index contributed by atoms with van der Waals surface area (Å²) >= 11 is 0. The third-order valence-electron chi connectivity index (χ3n) is 2.82. The molecule has 1 N–H and O–H groups in total. The number of amides is 1. The molecule has 16 heavy (non-hydrogen) atoms. The van der Waals surface area contributed by atoms with E-state index in [1.54, 1.807) is 12.4 Å². The Hall–Kier alpha value is -2.10. The number of fused-ring (bicyclic) bond motifs is 1. The first-order chi connectivity index (χ1) is 7.86. The molecule has 0 aromatic carbocycles. The van der Waals surface area contributed by atoms with Gasteiger partial charge in [0.2, 0.25) is 0 Å². The third kappa shape index (κ3) is 1.31. The normalized spacial score (nSPS) is 14.4. The minimum Gasteiger partial charge on any atom is -0.352 e. The fraction of sp³-hybridized carbons (Fsp3) is 0.167. The summed E-state index contributed by atoms with van der Waals surface area (Å²) in [5.74, 6) is 0.0223. The van der Waals surface area contributed by atoms with E-state index in [1.807, 2.05) is 24.4 Å². The van der Waals surface area contributed by atoms with Crippen LogP contribution in [0.5, 0.6) is 0 Å². The zero-order valence-electron chi connectivity index (χ0n) is 8.68. The number of aromatic nitrogens is 2. The quantitative estimate of drug-likeness (QED) is 0.772. The van der Waals surface area contributed by atoms with Crippen LogP contribution in [0.1, 0.15) is 16.1 Å². The summed E-state index contributed by atoms with van der Waals surface area (Å²) < 4.78 is 2.05. The van der Waals surface area contributed by atoms with Crippen molar-refractivity contribution in [2.24, 2.45) is 0 Å². The fourth-order valence-corrected chi connectivity index (χ4v) is 2.06. The number of carbonyl (C=O) groups is 1. The van der Waals surface area contributed by atoms with Crippen LogP contribution in [0.25, 0.3) is 5.69 Å². The lowest BCUT2D eigenvalue weighted by molar-refractivity contribution is 0.0945. The van der Waals surface area contributed by atoms with Gasteiger partial charge < -0.3 is 9.88 Å². The first kappa shape index (κ1) is 9.15. The van der Waals surface area contributed by atoms with Gasteiger partial charge in [-0.05, 0) is 18.2 Å². The highest BCUT2D eigenvalue weighted by molar-refractivity contribution is 5.96. The van der Waals surface area contributed by atoms with E-state index in [2.05, 4.69) is 14.9 Å². The zero-order valence-corrected chi connectivity index (χ0v) is 8.68. The second-order valence-electron chi connectivity index (χ2n) is 3.76. The number of carbonyl (C=O) groups excluding carboxylic acids is 1. The highest BCUT2D eigenvalue weighted by atomic mass is 16.1. The molecular formula is C12H11N3O. The van der Waals surface area contributed by atoms with Gasteiger partial charge in [0.25, 0.3) is 5.91 Å². The molecular weight excluding hydrogens is 202 g/mol. The Balaban J connectivity index is 2.13. The van der Waals surface area contributed by atoms with Crippen molar-refractivity contribution in [3.8, 4) is 5.69 Å². The van der Waals surface area contributed by atoms with Gasteiger partial charge in [0.05, 0.1) is 5.56 Å². The van der Waals surface area contributed by atoms with Crippen LogP contribution < -0.4 is 5.32 Å². The maximum atomic E-state index is 11.6. The minimum absolute atomic E-state index is 0.0223. The topological polar surface area (TPSA) is 46.9 Å². The Morgan fingerprint density at radius 1 is 1.25 bits per heavy atom. The lowest BCUT2D eigenvalue weighted by Crippen LogP contribution is -2.32. The molecule has 0 saturated heterocycles. The molecule has 1 aliphatic rings. The Morgan fingerprint density at radius 3 is 2.88 bits per heavy atom. The third-order valence-corrected chi connectivity index (χ3v) is 2.82. The first-order valence-corrected chi connectivity index (χ1v) is 5.25. The van der Waals surface area contributed by atoms with Gasteiger partial charge in [-0.1, -0.05) is 0 Å². The molecule has 0 atom stereocenters. The number of nitrogens with one attached hydrogen (secondary N) is 1. The predicted octanol–water partition coefficient (Wildman–Crippen LogP) is 1.16. The Kier molecular flexibility index (Phi) is 1.99. The van der Waals surface area contributed by atoms with Crippen LogP contribution in [0, 0.1) is 0 Å².